The van der Waals surface area contributed by atoms with E-state index in [1.165, 1.54) is 23.0 Å². The number of hydrogen-bond acceptors (Lipinski definition) is 4. The molecule has 0 bridgehead atoms. The van der Waals surface area contributed by atoms with E-state index in [4.69, 9.17) is 28.2 Å². The molecule has 0 aliphatic heterocycles. The minimum Gasteiger partial charge on any atom is -0.304 e. The van der Waals surface area contributed by atoms with Crippen molar-refractivity contribution in [3.8, 4) is 11.3 Å². The molecule has 0 atom stereocenters. The molecule has 0 aliphatic rings. The first-order valence-corrected chi connectivity index (χ1v) is 11.9. The van der Waals surface area contributed by atoms with E-state index in [2.05, 4.69) is 15.5 Å². The van der Waals surface area contributed by atoms with Gasteiger partial charge < -0.3 is 5.32 Å². The summed E-state index contributed by atoms with van der Waals surface area (Å²) in [6.07, 6.45) is 1.51. The van der Waals surface area contributed by atoms with E-state index < -0.39 is 11.7 Å². The standard InChI is InChI=1S/C26H21Cl2FN6O/c1-14-24(15(2)34(3)32-14)23-11-17(16-7-4-5-10-22(16)30-23)26(36)31-25-20(28)13-35(33-25)12-18-19(27)8-6-9-21(18)29/h4-11,13H,12H2,1-3H3,(H,31,33,36). The van der Waals surface area contributed by atoms with Gasteiger partial charge in [0.25, 0.3) is 5.91 Å². The van der Waals surface area contributed by atoms with E-state index in [0.29, 0.717) is 22.2 Å². The summed E-state index contributed by atoms with van der Waals surface area (Å²) >= 11 is 12.5. The largest absolute Gasteiger partial charge is 0.304 e. The summed E-state index contributed by atoms with van der Waals surface area (Å²) in [5, 5.41) is 12.8. The number of rotatable bonds is 5. The Bertz CT molecular complexity index is 1620. The van der Waals surface area contributed by atoms with Crippen LogP contribution in [-0.2, 0) is 13.6 Å². The number of pyridine rings is 1. The Hall–Kier alpha value is -3.75. The number of fused-ring (bicyclic) bond motifs is 1. The third-order valence-electron chi connectivity index (χ3n) is 6.06. The third-order valence-corrected chi connectivity index (χ3v) is 6.69. The van der Waals surface area contributed by atoms with Crippen molar-refractivity contribution in [1.29, 1.82) is 0 Å². The highest BCUT2D eigenvalue weighted by Gasteiger charge is 2.20. The maximum atomic E-state index is 14.2. The first kappa shape index (κ1) is 24.0. The van der Waals surface area contributed by atoms with Crippen LogP contribution in [0.5, 0.6) is 0 Å². The topological polar surface area (TPSA) is 77.6 Å². The smallest absolute Gasteiger partial charge is 0.257 e. The lowest BCUT2D eigenvalue weighted by Crippen LogP contribution is -2.14. The maximum Gasteiger partial charge on any atom is 0.257 e. The molecule has 0 unspecified atom stereocenters. The van der Waals surface area contributed by atoms with E-state index in [1.807, 2.05) is 45.2 Å². The lowest BCUT2D eigenvalue weighted by Gasteiger charge is -2.10. The molecule has 0 saturated carbocycles. The van der Waals surface area contributed by atoms with Gasteiger partial charge in [-0.2, -0.15) is 10.2 Å². The quantitative estimate of drug-likeness (QED) is 0.298. The van der Waals surface area contributed by atoms with Gasteiger partial charge in [-0.05, 0) is 38.1 Å². The second-order valence-electron chi connectivity index (χ2n) is 8.42. The Morgan fingerprint density at radius 1 is 1.06 bits per heavy atom. The summed E-state index contributed by atoms with van der Waals surface area (Å²) in [6.45, 7) is 3.93. The first-order valence-electron chi connectivity index (χ1n) is 11.1. The second-order valence-corrected chi connectivity index (χ2v) is 9.23. The van der Waals surface area contributed by atoms with Gasteiger partial charge in [0, 0.05) is 40.5 Å². The molecule has 3 aromatic heterocycles. The summed E-state index contributed by atoms with van der Waals surface area (Å²) in [5.74, 6) is -0.688. The van der Waals surface area contributed by atoms with Crippen molar-refractivity contribution in [1.82, 2.24) is 24.5 Å². The molecule has 0 aliphatic carbocycles. The van der Waals surface area contributed by atoms with Gasteiger partial charge in [0.15, 0.2) is 5.82 Å². The monoisotopic (exact) mass is 522 g/mol. The molecule has 5 rings (SSSR count). The first-order chi connectivity index (χ1) is 17.2. The van der Waals surface area contributed by atoms with E-state index in [1.54, 1.807) is 16.8 Å². The minimum absolute atomic E-state index is 0.0585. The van der Waals surface area contributed by atoms with Gasteiger partial charge in [-0.15, -0.1) is 0 Å². The van der Waals surface area contributed by atoms with E-state index in [-0.39, 0.29) is 28.0 Å². The van der Waals surface area contributed by atoms with Gasteiger partial charge in [-0.25, -0.2) is 9.37 Å². The van der Waals surface area contributed by atoms with E-state index in [9.17, 15) is 9.18 Å². The Labute approximate surface area is 216 Å². The lowest BCUT2D eigenvalue weighted by molar-refractivity contribution is 0.102. The molecule has 10 heteroatoms. The summed E-state index contributed by atoms with van der Waals surface area (Å²) < 4.78 is 17.4. The number of carbonyl (C=O) groups is 1. The number of anilines is 1. The highest BCUT2D eigenvalue weighted by molar-refractivity contribution is 6.33. The second kappa shape index (κ2) is 9.37. The molecular formula is C26H21Cl2FN6O. The molecule has 1 N–H and O–H groups in total. The van der Waals surface area contributed by atoms with Crippen LogP contribution in [-0.4, -0.2) is 30.5 Å². The van der Waals surface area contributed by atoms with Crippen molar-refractivity contribution in [2.75, 3.05) is 5.32 Å². The van der Waals surface area contributed by atoms with Crippen LogP contribution < -0.4 is 5.32 Å². The van der Waals surface area contributed by atoms with E-state index >= 15 is 0 Å². The third kappa shape index (κ3) is 4.34. The normalized spacial score (nSPS) is 11.3. The molecule has 5 aromatic rings. The molecule has 2 aromatic carbocycles. The van der Waals surface area contributed by atoms with Gasteiger partial charge in [-0.3, -0.25) is 14.2 Å². The molecule has 1 amide bonds. The Morgan fingerprint density at radius 2 is 1.83 bits per heavy atom. The van der Waals surface area contributed by atoms with Gasteiger partial charge in [0.1, 0.15) is 10.8 Å². The molecule has 0 fully saturated rings. The number of nitrogens with one attached hydrogen (secondary N) is 1. The van der Waals surface area contributed by atoms with Gasteiger partial charge >= 0.3 is 0 Å². The summed E-state index contributed by atoms with van der Waals surface area (Å²) in [4.78, 5) is 18.3. The fraction of sp³-hybridized carbons (Fsp3) is 0.154. The van der Waals surface area contributed by atoms with Crippen LogP contribution in [0.1, 0.15) is 27.3 Å². The van der Waals surface area contributed by atoms with Gasteiger partial charge in [0.2, 0.25) is 0 Å². The number of para-hydroxylation sites is 1. The van der Waals surface area contributed by atoms with Crippen LogP contribution >= 0.6 is 23.2 Å². The molecule has 7 nitrogen and oxygen atoms in total. The number of hydrogen-bond donors (Lipinski definition) is 1. The highest BCUT2D eigenvalue weighted by Crippen LogP contribution is 2.30. The van der Waals surface area contributed by atoms with Gasteiger partial charge in [-0.1, -0.05) is 47.5 Å². The van der Waals surface area contributed by atoms with Gasteiger partial charge in [0.05, 0.1) is 29.0 Å². The highest BCUT2D eigenvalue weighted by atomic mass is 35.5. The number of carbonyl (C=O) groups excluding carboxylic acids is 1. The molecule has 182 valence electrons. The summed E-state index contributed by atoms with van der Waals surface area (Å²) in [6, 6.07) is 13.6. The molecule has 0 spiro atoms. The Morgan fingerprint density at radius 3 is 2.56 bits per heavy atom. The van der Waals surface area contributed by atoms with Crippen LogP contribution in [0, 0.1) is 19.7 Å². The lowest BCUT2D eigenvalue weighted by atomic mass is 10.0. The predicted molar refractivity (Wildman–Crippen MR) is 139 cm³/mol. The molecule has 0 radical (unpaired) electrons. The number of amides is 1. The predicted octanol–water partition coefficient (Wildman–Crippen LogP) is 6.20. The zero-order chi connectivity index (χ0) is 25.6. The number of aromatic nitrogens is 5. The van der Waals surface area contributed by atoms with Crippen LogP contribution in [0.15, 0.2) is 54.7 Å². The Balaban J connectivity index is 1.51. The Kier molecular flexibility index (Phi) is 6.24. The summed E-state index contributed by atoms with van der Waals surface area (Å²) in [5.41, 5.74) is 4.65. The van der Waals surface area contributed by atoms with Crippen LogP contribution in [0.3, 0.4) is 0 Å². The zero-order valence-corrected chi connectivity index (χ0v) is 21.2. The van der Waals surface area contributed by atoms with Crippen LogP contribution in [0.4, 0.5) is 10.2 Å². The SMILES string of the molecule is Cc1nn(C)c(C)c1-c1cc(C(=O)Nc2nn(Cc3c(F)cccc3Cl)cc2Cl)c2ccccc2n1. The van der Waals surface area contributed by atoms with Crippen molar-refractivity contribution < 1.29 is 9.18 Å². The molecule has 3 heterocycles. The molecule has 36 heavy (non-hydrogen) atoms. The minimum atomic E-state index is -0.448. The fourth-order valence-corrected chi connectivity index (χ4v) is 4.64. The van der Waals surface area contributed by atoms with Crippen LogP contribution in [0.2, 0.25) is 10.0 Å². The van der Waals surface area contributed by atoms with Crippen LogP contribution in [0.25, 0.3) is 22.2 Å². The van der Waals surface area contributed by atoms with Crippen molar-refractivity contribution in [2.24, 2.45) is 7.05 Å². The number of nitrogens with zero attached hydrogens (tertiary/aromatic N) is 5. The van der Waals surface area contributed by atoms with Crippen molar-refractivity contribution in [3.63, 3.8) is 0 Å². The number of halogens is 3. The average molecular weight is 523 g/mol. The number of aryl methyl sites for hydroxylation is 2. The van der Waals surface area contributed by atoms with Crippen molar-refractivity contribution >= 4 is 45.8 Å². The van der Waals surface area contributed by atoms with Crippen molar-refractivity contribution in [2.45, 2.75) is 20.4 Å². The molecular weight excluding hydrogens is 502 g/mol. The van der Waals surface area contributed by atoms with Crippen molar-refractivity contribution in [3.05, 3.63) is 93.1 Å². The maximum absolute atomic E-state index is 14.2. The molecule has 0 saturated heterocycles. The van der Waals surface area contributed by atoms with E-state index in [0.717, 1.165) is 17.0 Å². The average Bonchev–Trinajstić information content (AvgIpc) is 3.32. The fourth-order valence-electron chi connectivity index (χ4n) is 4.22. The number of benzene rings is 2. The zero-order valence-electron chi connectivity index (χ0n) is 19.7. The summed E-state index contributed by atoms with van der Waals surface area (Å²) in [7, 11) is 1.87.